The molecule has 0 bridgehead atoms. The van der Waals surface area contributed by atoms with E-state index in [-0.39, 0.29) is 0 Å². The summed E-state index contributed by atoms with van der Waals surface area (Å²) in [5.41, 5.74) is 2.58. The van der Waals surface area contributed by atoms with Crippen molar-refractivity contribution in [3.8, 4) is 11.4 Å². The highest BCUT2D eigenvalue weighted by Crippen LogP contribution is 2.23. The molecule has 3 aromatic heterocycles. The fourth-order valence-electron chi connectivity index (χ4n) is 2.10. The molecule has 18 heavy (non-hydrogen) atoms. The second-order valence-electron chi connectivity index (χ2n) is 4.14. The van der Waals surface area contributed by atoms with Crippen LogP contribution in [0.4, 0.5) is 0 Å². The molecule has 0 fully saturated rings. The van der Waals surface area contributed by atoms with Crippen LogP contribution in [0.1, 0.15) is 0 Å². The molecule has 0 saturated heterocycles. The van der Waals surface area contributed by atoms with Crippen LogP contribution in [0.2, 0.25) is 0 Å². The number of imidazole rings is 1. The Balaban J connectivity index is 1.94. The number of fused-ring (bicyclic) bond motifs is 2. The van der Waals surface area contributed by atoms with E-state index in [0.717, 1.165) is 16.9 Å². The molecule has 5 nitrogen and oxygen atoms in total. The van der Waals surface area contributed by atoms with E-state index in [0.29, 0.717) is 5.65 Å². The van der Waals surface area contributed by atoms with Gasteiger partial charge in [0, 0.05) is 18.0 Å². The molecule has 86 valence electrons. The van der Waals surface area contributed by atoms with E-state index in [1.54, 1.807) is 6.20 Å². The van der Waals surface area contributed by atoms with E-state index in [1.165, 1.54) is 17.1 Å². The van der Waals surface area contributed by atoms with Crippen molar-refractivity contribution in [3.05, 3.63) is 43.1 Å². The van der Waals surface area contributed by atoms with Crippen molar-refractivity contribution in [2.75, 3.05) is 0 Å². The average Bonchev–Trinajstić information content (AvgIpc) is 3.04. The topological polar surface area (TPSA) is 70.2 Å². The molecule has 0 spiro atoms. The summed E-state index contributed by atoms with van der Waals surface area (Å²) in [7, 11) is 0. The van der Waals surface area contributed by atoms with Crippen LogP contribution in [0.15, 0.2) is 43.1 Å². The summed E-state index contributed by atoms with van der Waals surface area (Å²) < 4.78 is 0. The highest BCUT2D eigenvalue weighted by Gasteiger charge is 2.06. The Morgan fingerprint density at radius 3 is 2.94 bits per heavy atom. The number of nitrogens with zero attached hydrogens (tertiary/aromatic N) is 3. The Kier molecular flexibility index (Phi) is 1.77. The van der Waals surface area contributed by atoms with Crippen molar-refractivity contribution < 1.29 is 0 Å². The van der Waals surface area contributed by atoms with Crippen molar-refractivity contribution >= 4 is 21.9 Å². The standard InChI is InChI=1S/C13H9N5/c1-2-9-4-14-5-10(9)3-8(1)12-17-11-6-15-7-16-13(11)18-12/h1-7,14H,(H,15,16,17,18). The van der Waals surface area contributed by atoms with Gasteiger partial charge < -0.3 is 9.97 Å². The maximum absolute atomic E-state index is 4.46. The van der Waals surface area contributed by atoms with Crippen LogP contribution in [-0.2, 0) is 0 Å². The SMILES string of the molecule is c1ncc2[nH]c(-c3ccc4c[nH]cc4c3)nc2n1. The molecule has 5 heteroatoms. The van der Waals surface area contributed by atoms with Crippen LogP contribution >= 0.6 is 0 Å². The van der Waals surface area contributed by atoms with E-state index in [9.17, 15) is 0 Å². The Morgan fingerprint density at radius 2 is 2.00 bits per heavy atom. The van der Waals surface area contributed by atoms with Gasteiger partial charge in [0.25, 0.3) is 0 Å². The van der Waals surface area contributed by atoms with Gasteiger partial charge in [-0.05, 0) is 16.8 Å². The summed E-state index contributed by atoms with van der Waals surface area (Å²) in [4.78, 5) is 18.9. The number of hydrogen-bond acceptors (Lipinski definition) is 3. The lowest BCUT2D eigenvalue weighted by molar-refractivity contribution is 1.20. The zero-order valence-corrected chi connectivity index (χ0v) is 9.38. The maximum atomic E-state index is 4.46. The number of aromatic amines is 2. The second-order valence-corrected chi connectivity index (χ2v) is 4.14. The minimum absolute atomic E-state index is 0.689. The van der Waals surface area contributed by atoms with Gasteiger partial charge in [-0.1, -0.05) is 12.1 Å². The van der Waals surface area contributed by atoms with Gasteiger partial charge >= 0.3 is 0 Å². The molecular formula is C13H9N5. The quantitative estimate of drug-likeness (QED) is 0.532. The van der Waals surface area contributed by atoms with Crippen molar-refractivity contribution in [1.29, 1.82) is 0 Å². The molecular weight excluding hydrogens is 226 g/mol. The highest BCUT2D eigenvalue weighted by atomic mass is 15.0. The van der Waals surface area contributed by atoms with Gasteiger partial charge in [0.1, 0.15) is 17.7 Å². The summed E-state index contributed by atoms with van der Waals surface area (Å²) in [5, 5.41) is 2.36. The third-order valence-corrected chi connectivity index (χ3v) is 3.00. The lowest BCUT2D eigenvalue weighted by atomic mass is 10.1. The second kappa shape index (κ2) is 3.40. The molecule has 0 aliphatic rings. The van der Waals surface area contributed by atoms with Crippen molar-refractivity contribution in [3.63, 3.8) is 0 Å². The number of benzene rings is 1. The molecule has 2 N–H and O–H groups in total. The van der Waals surface area contributed by atoms with E-state index in [2.05, 4.69) is 37.1 Å². The zero-order valence-electron chi connectivity index (χ0n) is 9.38. The number of H-pyrrole nitrogens is 2. The van der Waals surface area contributed by atoms with Crippen LogP contribution in [0.25, 0.3) is 33.3 Å². The molecule has 3 heterocycles. The lowest BCUT2D eigenvalue weighted by Gasteiger charge is -1.96. The number of rotatable bonds is 1. The first-order valence-electron chi connectivity index (χ1n) is 5.63. The van der Waals surface area contributed by atoms with E-state index in [1.807, 2.05) is 18.5 Å². The summed E-state index contributed by atoms with van der Waals surface area (Å²) in [5.74, 6) is 0.814. The predicted molar refractivity (Wildman–Crippen MR) is 69.0 cm³/mol. The van der Waals surface area contributed by atoms with Crippen LogP contribution in [0, 0.1) is 0 Å². The van der Waals surface area contributed by atoms with E-state index in [4.69, 9.17) is 0 Å². The Morgan fingerprint density at radius 1 is 1.06 bits per heavy atom. The van der Waals surface area contributed by atoms with Crippen LogP contribution < -0.4 is 0 Å². The first-order valence-corrected chi connectivity index (χ1v) is 5.63. The Hall–Kier alpha value is -2.69. The first-order chi connectivity index (χ1) is 8.90. The molecule has 1 aromatic carbocycles. The average molecular weight is 235 g/mol. The number of hydrogen-bond donors (Lipinski definition) is 2. The summed E-state index contributed by atoms with van der Waals surface area (Å²) in [6, 6.07) is 6.21. The molecule has 0 radical (unpaired) electrons. The van der Waals surface area contributed by atoms with E-state index < -0.39 is 0 Å². The fraction of sp³-hybridized carbons (Fsp3) is 0. The third-order valence-electron chi connectivity index (χ3n) is 3.00. The molecule has 4 aromatic rings. The Labute approximate surface area is 102 Å². The molecule has 0 amide bonds. The third kappa shape index (κ3) is 1.31. The molecule has 0 saturated carbocycles. The summed E-state index contributed by atoms with van der Waals surface area (Å²) in [6.45, 7) is 0. The molecule has 0 atom stereocenters. The number of nitrogens with one attached hydrogen (secondary N) is 2. The first kappa shape index (κ1) is 9.35. The van der Waals surface area contributed by atoms with Crippen molar-refractivity contribution in [1.82, 2.24) is 24.9 Å². The fourth-order valence-corrected chi connectivity index (χ4v) is 2.10. The van der Waals surface area contributed by atoms with E-state index >= 15 is 0 Å². The molecule has 4 rings (SSSR count). The van der Waals surface area contributed by atoms with Crippen molar-refractivity contribution in [2.45, 2.75) is 0 Å². The normalized spacial score (nSPS) is 11.3. The maximum Gasteiger partial charge on any atom is 0.181 e. The van der Waals surface area contributed by atoms with Gasteiger partial charge in [0.15, 0.2) is 5.65 Å². The van der Waals surface area contributed by atoms with Crippen LogP contribution in [0.5, 0.6) is 0 Å². The molecule has 0 aliphatic heterocycles. The van der Waals surface area contributed by atoms with Crippen LogP contribution in [-0.4, -0.2) is 24.9 Å². The van der Waals surface area contributed by atoms with Crippen LogP contribution in [0.3, 0.4) is 0 Å². The summed E-state index contributed by atoms with van der Waals surface area (Å²) in [6.07, 6.45) is 7.18. The minimum atomic E-state index is 0.689. The smallest absolute Gasteiger partial charge is 0.181 e. The van der Waals surface area contributed by atoms with Gasteiger partial charge in [-0.3, -0.25) is 0 Å². The highest BCUT2D eigenvalue weighted by molar-refractivity contribution is 5.87. The van der Waals surface area contributed by atoms with Crippen molar-refractivity contribution in [2.24, 2.45) is 0 Å². The largest absolute Gasteiger partial charge is 0.366 e. The minimum Gasteiger partial charge on any atom is -0.366 e. The van der Waals surface area contributed by atoms with Gasteiger partial charge in [-0.15, -0.1) is 0 Å². The van der Waals surface area contributed by atoms with Gasteiger partial charge in [-0.2, -0.15) is 0 Å². The van der Waals surface area contributed by atoms with Gasteiger partial charge in [0.05, 0.1) is 6.20 Å². The number of aromatic nitrogens is 5. The lowest BCUT2D eigenvalue weighted by Crippen LogP contribution is -1.79. The molecule has 0 aliphatic carbocycles. The predicted octanol–water partition coefficient (Wildman–Crippen LogP) is 2.50. The molecule has 0 unspecified atom stereocenters. The van der Waals surface area contributed by atoms with Gasteiger partial charge in [0.2, 0.25) is 0 Å². The van der Waals surface area contributed by atoms with Gasteiger partial charge in [-0.25, -0.2) is 15.0 Å². The monoisotopic (exact) mass is 235 g/mol. The Bertz CT molecular complexity index is 809. The zero-order chi connectivity index (χ0) is 11.9. The summed E-state index contributed by atoms with van der Waals surface area (Å²) >= 11 is 0.